The molecule has 0 heterocycles. The molecule has 0 bridgehead atoms. The Hall–Kier alpha value is -0.820. The van der Waals surface area contributed by atoms with Crippen molar-refractivity contribution in [2.75, 3.05) is 25.1 Å². The summed E-state index contributed by atoms with van der Waals surface area (Å²) in [6.45, 7) is 4.03. The lowest BCUT2D eigenvalue weighted by molar-refractivity contribution is 0.146. The van der Waals surface area contributed by atoms with Crippen LogP contribution in [0.25, 0.3) is 0 Å². The first-order chi connectivity index (χ1) is 9.17. The van der Waals surface area contributed by atoms with Crippen LogP contribution in [0.15, 0.2) is 27.7 Å². The van der Waals surface area contributed by atoms with Crippen molar-refractivity contribution in [3.63, 3.8) is 0 Å². The van der Waals surface area contributed by atoms with Gasteiger partial charge in [-0.05, 0) is 47.5 Å². The van der Waals surface area contributed by atoms with E-state index < -0.39 is 0 Å². The topological polar surface area (TPSA) is 71.7 Å². The molecular formula is C12H18BrClN4O. The number of nitrogens with two attached hydrogens (primary N) is 1. The highest BCUT2D eigenvalue weighted by molar-refractivity contribution is 9.10. The highest BCUT2D eigenvalue weighted by Gasteiger charge is 2.03. The molecule has 0 aliphatic rings. The summed E-state index contributed by atoms with van der Waals surface area (Å²) in [4.78, 5) is 4.31. The van der Waals surface area contributed by atoms with Gasteiger partial charge in [-0.2, -0.15) is 0 Å². The maximum Gasteiger partial charge on any atom is 0.210 e. The molecule has 0 fully saturated rings. The summed E-state index contributed by atoms with van der Waals surface area (Å²) >= 11 is 9.29. The highest BCUT2D eigenvalue weighted by atomic mass is 79.9. The third-order valence-corrected chi connectivity index (χ3v) is 3.13. The van der Waals surface area contributed by atoms with Crippen LogP contribution in [0.5, 0.6) is 0 Å². The molecule has 19 heavy (non-hydrogen) atoms. The second kappa shape index (κ2) is 9.14. The quantitative estimate of drug-likeness (QED) is 0.243. The zero-order valence-electron chi connectivity index (χ0n) is 10.7. The number of hydrogen-bond donors (Lipinski definition) is 3. The molecule has 0 aromatic heterocycles. The number of ether oxygens (including phenoxy) is 1. The molecule has 0 aliphatic heterocycles. The van der Waals surface area contributed by atoms with Crippen LogP contribution in [0.2, 0.25) is 5.02 Å². The average molecular weight is 350 g/mol. The minimum Gasteiger partial charge on any atom is -0.382 e. The number of aliphatic imine (C=N–C) groups is 1. The number of rotatable bonds is 6. The Morgan fingerprint density at radius 2 is 2.32 bits per heavy atom. The molecule has 5 nitrogen and oxygen atoms in total. The van der Waals surface area contributed by atoms with Gasteiger partial charge in [-0.1, -0.05) is 11.6 Å². The van der Waals surface area contributed by atoms with Crippen LogP contribution in [0.1, 0.15) is 13.3 Å². The van der Waals surface area contributed by atoms with Crippen molar-refractivity contribution >= 4 is 39.2 Å². The molecule has 1 aromatic carbocycles. The second-order valence-electron chi connectivity index (χ2n) is 3.67. The number of hydrazine groups is 1. The van der Waals surface area contributed by atoms with Crippen molar-refractivity contribution in [2.45, 2.75) is 13.3 Å². The van der Waals surface area contributed by atoms with Crippen molar-refractivity contribution in [1.82, 2.24) is 5.43 Å². The Morgan fingerprint density at radius 1 is 1.53 bits per heavy atom. The first-order valence-electron chi connectivity index (χ1n) is 5.98. The van der Waals surface area contributed by atoms with Crippen LogP contribution in [0.4, 0.5) is 5.69 Å². The van der Waals surface area contributed by atoms with Gasteiger partial charge in [-0.3, -0.25) is 10.4 Å². The van der Waals surface area contributed by atoms with Crippen LogP contribution in [0, 0.1) is 0 Å². The van der Waals surface area contributed by atoms with E-state index >= 15 is 0 Å². The summed E-state index contributed by atoms with van der Waals surface area (Å²) in [5.74, 6) is 5.93. The lowest BCUT2D eigenvalue weighted by Crippen LogP contribution is -2.36. The van der Waals surface area contributed by atoms with Crippen LogP contribution in [-0.2, 0) is 4.74 Å². The van der Waals surface area contributed by atoms with Gasteiger partial charge < -0.3 is 10.1 Å². The van der Waals surface area contributed by atoms with E-state index in [1.165, 1.54) is 0 Å². The van der Waals surface area contributed by atoms with Gasteiger partial charge in [0.05, 0.1) is 5.69 Å². The van der Waals surface area contributed by atoms with Gasteiger partial charge in [0.2, 0.25) is 5.96 Å². The average Bonchev–Trinajstić information content (AvgIpc) is 2.39. The Morgan fingerprint density at radius 3 is 2.95 bits per heavy atom. The Kier molecular flexibility index (Phi) is 7.81. The number of guanidine groups is 1. The maximum atomic E-state index is 5.88. The SMILES string of the molecule is CCOCCCN=C(NN)Nc1ccc(Cl)cc1Br. The van der Waals surface area contributed by atoms with Gasteiger partial charge >= 0.3 is 0 Å². The fraction of sp³-hybridized carbons (Fsp3) is 0.417. The molecule has 0 spiro atoms. The van der Waals surface area contributed by atoms with Gasteiger partial charge in [0.1, 0.15) is 0 Å². The summed E-state index contributed by atoms with van der Waals surface area (Å²) in [5, 5.41) is 3.74. The van der Waals surface area contributed by atoms with E-state index in [2.05, 4.69) is 31.7 Å². The van der Waals surface area contributed by atoms with E-state index in [-0.39, 0.29) is 0 Å². The largest absolute Gasteiger partial charge is 0.382 e. The summed E-state index contributed by atoms with van der Waals surface area (Å²) in [7, 11) is 0. The lowest BCUT2D eigenvalue weighted by atomic mass is 10.3. The molecule has 0 atom stereocenters. The first kappa shape index (κ1) is 16.2. The summed E-state index contributed by atoms with van der Waals surface area (Å²) in [6.07, 6.45) is 0.850. The van der Waals surface area contributed by atoms with E-state index in [1.807, 2.05) is 13.0 Å². The molecule has 0 aliphatic carbocycles. The third kappa shape index (κ3) is 6.24. The maximum absolute atomic E-state index is 5.88. The van der Waals surface area contributed by atoms with Gasteiger partial charge in [-0.25, -0.2) is 5.84 Å². The zero-order valence-corrected chi connectivity index (χ0v) is 13.1. The molecule has 4 N–H and O–H groups in total. The van der Waals surface area contributed by atoms with Crippen molar-refractivity contribution in [3.8, 4) is 0 Å². The summed E-state index contributed by atoms with van der Waals surface area (Å²) in [5.41, 5.74) is 3.37. The minimum atomic E-state index is 0.500. The fourth-order valence-electron chi connectivity index (χ4n) is 1.34. The fourth-order valence-corrected chi connectivity index (χ4v) is 2.12. The van der Waals surface area contributed by atoms with Crippen LogP contribution >= 0.6 is 27.5 Å². The monoisotopic (exact) mass is 348 g/mol. The van der Waals surface area contributed by atoms with Gasteiger partial charge in [0.25, 0.3) is 0 Å². The second-order valence-corrected chi connectivity index (χ2v) is 4.97. The Labute approximate surface area is 126 Å². The number of halogens is 2. The van der Waals surface area contributed by atoms with Crippen LogP contribution in [0.3, 0.4) is 0 Å². The molecule has 0 radical (unpaired) electrons. The molecule has 0 amide bonds. The standard InChI is InChI=1S/C12H18BrClN4O/c1-2-19-7-3-6-16-12(18-15)17-11-5-4-9(14)8-10(11)13/h4-5,8H,2-3,6-7,15H2,1H3,(H2,16,17,18). The van der Waals surface area contributed by atoms with E-state index in [0.717, 1.165) is 23.2 Å². The molecule has 0 unspecified atom stereocenters. The third-order valence-electron chi connectivity index (χ3n) is 2.24. The number of benzene rings is 1. The number of nitrogens with zero attached hydrogens (tertiary/aromatic N) is 1. The van der Waals surface area contributed by atoms with Gasteiger partial charge in [0.15, 0.2) is 0 Å². The molecule has 1 aromatic rings. The number of nitrogens with one attached hydrogen (secondary N) is 2. The van der Waals surface area contributed by atoms with Crippen molar-refractivity contribution in [2.24, 2.45) is 10.8 Å². The van der Waals surface area contributed by atoms with E-state index in [9.17, 15) is 0 Å². The van der Waals surface area contributed by atoms with Gasteiger partial charge in [0, 0.05) is 29.3 Å². The van der Waals surface area contributed by atoms with Crippen molar-refractivity contribution in [3.05, 3.63) is 27.7 Å². The minimum absolute atomic E-state index is 0.500. The smallest absolute Gasteiger partial charge is 0.210 e. The Bertz CT molecular complexity index is 428. The molecule has 0 saturated heterocycles. The lowest BCUT2D eigenvalue weighted by Gasteiger charge is -2.11. The summed E-state index contributed by atoms with van der Waals surface area (Å²) < 4.78 is 6.08. The number of hydrogen-bond acceptors (Lipinski definition) is 3. The van der Waals surface area contributed by atoms with Crippen LogP contribution in [-0.4, -0.2) is 25.7 Å². The van der Waals surface area contributed by atoms with E-state index in [4.69, 9.17) is 22.2 Å². The van der Waals surface area contributed by atoms with Gasteiger partial charge in [-0.15, -0.1) is 0 Å². The molecule has 1 rings (SSSR count). The molecule has 106 valence electrons. The van der Waals surface area contributed by atoms with E-state index in [1.54, 1.807) is 12.1 Å². The molecule has 7 heteroatoms. The normalized spacial score (nSPS) is 11.5. The molecule has 0 saturated carbocycles. The van der Waals surface area contributed by atoms with Crippen LogP contribution < -0.4 is 16.6 Å². The Balaban J connectivity index is 2.53. The first-order valence-corrected chi connectivity index (χ1v) is 7.15. The highest BCUT2D eigenvalue weighted by Crippen LogP contribution is 2.25. The summed E-state index contributed by atoms with van der Waals surface area (Å²) in [6, 6.07) is 5.43. The predicted octanol–water partition coefficient (Wildman–Crippen LogP) is 2.76. The zero-order chi connectivity index (χ0) is 14.1. The van der Waals surface area contributed by atoms with Crippen molar-refractivity contribution in [1.29, 1.82) is 0 Å². The predicted molar refractivity (Wildman–Crippen MR) is 83.5 cm³/mol. The molecular weight excluding hydrogens is 332 g/mol. The number of anilines is 1. The van der Waals surface area contributed by atoms with Crippen molar-refractivity contribution < 1.29 is 4.74 Å². The van der Waals surface area contributed by atoms with E-state index in [0.29, 0.717) is 24.1 Å².